The highest BCUT2D eigenvalue weighted by atomic mass is 16.6. The van der Waals surface area contributed by atoms with E-state index in [1.165, 1.54) is 0 Å². The first-order chi connectivity index (χ1) is 16.6. The molecule has 0 radical (unpaired) electrons. The van der Waals surface area contributed by atoms with Gasteiger partial charge in [-0.15, -0.1) is 13.2 Å². The largest absolute Gasteiger partial charge is 0.465 e. The minimum atomic E-state index is -1.08. The van der Waals surface area contributed by atoms with Crippen LogP contribution in [0.2, 0.25) is 0 Å². The number of carbonyl (C=O) groups is 3. The normalized spacial score (nSPS) is 33.2. The summed E-state index contributed by atoms with van der Waals surface area (Å²) in [7, 11) is 0. The van der Waals surface area contributed by atoms with Crippen molar-refractivity contribution in [3.05, 3.63) is 25.3 Å². The molecule has 0 aromatic heterocycles. The van der Waals surface area contributed by atoms with Gasteiger partial charge >= 0.3 is 5.97 Å². The van der Waals surface area contributed by atoms with E-state index in [4.69, 9.17) is 9.47 Å². The summed E-state index contributed by atoms with van der Waals surface area (Å²) in [5.41, 5.74) is -1.96. The van der Waals surface area contributed by atoms with Crippen LogP contribution in [0.15, 0.2) is 25.3 Å². The van der Waals surface area contributed by atoms with Crippen LogP contribution in [0.3, 0.4) is 0 Å². The van der Waals surface area contributed by atoms with Crippen LogP contribution in [0.4, 0.5) is 0 Å². The molecule has 3 heterocycles. The average Bonchev–Trinajstić information content (AvgIpc) is 3.31. The summed E-state index contributed by atoms with van der Waals surface area (Å²) in [5, 5.41) is 9.30. The van der Waals surface area contributed by atoms with Gasteiger partial charge in [-0.1, -0.05) is 19.1 Å². The van der Waals surface area contributed by atoms with Crippen molar-refractivity contribution in [2.24, 2.45) is 17.8 Å². The van der Waals surface area contributed by atoms with Gasteiger partial charge in [0.2, 0.25) is 11.8 Å². The fourth-order valence-electron chi connectivity index (χ4n) is 6.35. The van der Waals surface area contributed by atoms with E-state index in [-0.39, 0.29) is 37.0 Å². The second-order valence-corrected chi connectivity index (χ2v) is 10.6. The number of aliphatic hydroxyl groups is 1. The zero-order chi connectivity index (χ0) is 26.0. The van der Waals surface area contributed by atoms with Crippen LogP contribution in [0, 0.1) is 17.8 Å². The molecule has 1 N–H and O–H groups in total. The van der Waals surface area contributed by atoms with Gasteiger partial charge in [0.15, 0.2) is 0 Å². The number of likely N-dealkylation sites (tertiary alicyclic amines) is 1. The molecule has 6 atom stereocenters. The number of nitrogens with zero attached hydrogens (tertiary/aromatic N) is 2. The molecule has 0 aliphatic carbocycles. The molecular weight excluding hydrogens is 448 g/mol. The van der Waals surface area contributed by atoms with Crippen molar-refractivity contribution in [2.45, 2.75) is 83.1 Å². The Kier molecular flexibility index (Phi) is 8.48. The smallest absolute Gasteiger partial charge is 0.312 e. The van der Waals surface area contributed by atoms with Crippen LogP contribution >= 0.6 is 0 Å². The topological polar surface area (TPSA) is 96.4 Å². The van der Waals surface area contributed by atoms with Gasteiger partial charge < -0.3 is 24.4 Å². The van der Waals surface area contributed by atoms with E-state index in [2.05, 4.69) is 13.2 Å². The Balaban J connectivity index is 2.01. The van der Waals surface area contributed by atoms with E-state index in [0.29, 0.717) is 38.8 Å². The quantitative estimate of drug-likeness (QED) is 0.242. The third-order valence-electron chi connectivity index (χ3n) is 8.14. The summed E-state index contributed by atoms with van der Waals surface area (Å²) in [5.74, 6) is -2.41. The van der Waals surface area contributed by atoms with Crippen LogP contribution in [0.1, 0.15) is 59.8 Å². The highest BCUT2D eigenvalue weighted by Gasteiger charge is 2.80. The number of hydrogen-bond acceptors (Lipinski definition) is 6. The van der Waals surface area contributed by atoms with Gasteiger partial charge in [0, 0.05) is 25.7 Å². The van der Waals surface area contributed by atoms with Gasteiger partial charge in [-0.25, -0.2) is 0 Å². The summed E-state index contributed by atoms with van der Waals surface area (Å²) in [6.45, 7) is 16.2. The Bertz CT molecular complexity index is 844. The molecule has 2 amide bonds. The Morgan fingerprint density at radius 3 is 2.60 bits per heavy atom. The number of allylic oxidation sites excluding steroid dienone is 1. The van der Waals surface area contributed by atoms with Crippen LogP contribution in [0.5, 0.6) is 0 Å². The molecule has 3 aliphatic heterocycles. The van der Waals surface area contributed by atoms with Crippen LogP contribution < -0.4 is 0 Å². The molecule has 8 nitrogen and oxygen atoms in total. The summed E-state index contributed by atoms with van der Waals surface area (Å²) in [6, 6.07) is -0.925. The maximum Gasteiger partial charge on any atom is 0.312 e. The molecule has 8 heteroatoms. The minimum Gasteiger partial charge on any atom is -0.465 e. The molecule has 35 heavy (non-hydrogen) atoms. The highest BCUT2D eigenvalue weighted by Crippen LogP contribution is 2.65. The van der Waals surface area contributed by atoms with Gasteiger partial charge in [-0.3, -0.25) is 14.4 Å². The number of aliphatic hydroxyl groups excluding tert-OH is 1. The zero-order valence-corrected chi connectivity index (χ0v) is 21.7. The van der Waals surface area contributed by atoms with Crippen LogP contribution in [0.25, 0.3) is 0 Å². The standard InChI is InChI=1S/C27H42N2O6/c1-7-9-12-16-34-25(33)21-20-23(31)29(14-10-11-15-30)22(24(32)28(13-8-2)18(3)4)27(20)17-19(5)26(21,6)35-27/h7-8,18-22,30H,1-2,9-17H2,3-6H3/t19?,20-,21+,22?,26-,27?/m0/s1. The second kappa shape index (κ2) is 10.8. The van der Waals surface area contributed by atoms with Crippen molar-refractivity contribution in [2.75, 3.05) is 26.3 Å². The molecule has 0 aromatic carbocycles. The van der Waals surface area contributed by atoms with Gasteiger partial charge in [0.1, 0.15) is 17.6 Å². The zero-order valence-electron chi connectivity index (χ0n) is 21.7. The van der Waals surface area contributed by atoms with Crippen molar-refractivity contribution in [1.82, 2.24) is 9.80 Å². The fraction of sp³-hybridized carbons (Fsp3) is 0.741. The first-order valence-electron chi connectivity index (χ1n) is 12.9. The van der Waals surface area contributed by atoms with Gasteiger partial charge in [-0.05, 0) is 58.8 Å². The number of fused-ring (bicyclic) bond motifs is 1. The van der Waals surface area contributed by atoms with Gasteiger partial charge in [0.25, 0.3) is 0 Å². The van der Waals surface area contributed by atoms with E-state index in [1.54, 1.807) is 22.0 Å². The molecule has 0 saturated carbocycles. The molecule has 3 saturated heterocycles. The predicted molar refractivity (Wildman–Crippen MR) is 132 cm³/mol. The van der Waals surface area contributed by atoms with Crippen molar-refractivity contribution < 1.29 is 29.0 Å². The fourth-order valence-corrected chi connectivity index (χ4v) is 6.35. The summed E-state index contributed by atoms with van der Waals surface area (Å²) in [4.78, 5) is 44.7. The Morgan fingerprint density at radius 1 is 1.29 bits per heavy atom. The molecule has 3 rings (SSSR count). The minimum absolute atomic E-state index is 0.00899. The van der Waals surface area contributed by atoms with Crippen LogP contribution in [-0.2, 0) is 23.9 Å². The Labute approximate surface area is 209 Å². The SMILES string of the molecule is C=CCCCOC(=O)[C@H]1[C@H]2C(=O)N(CCCCO)C(C(=O)N(CC=C)C(C)C)C23CC(C)[C@]1(C)O3. The van der Waals surface area contributed by atoms with Crippen molar-refractivity contribution in [3.8, 4) is 0 Å². The number of esters is 1. The lowest BCUT2D eigenvalue weighted by Gasteiger charge is -2.38. The molecular formula is C27H42N2O6. The second-order valence-electron chi connectivity index (χ2n) is 10.6. The highest BCUT2D eigenvalue weighted by molar-refractivity contribution is 5.98. The third-order valence-corrected chi connectivity index (χ3v) is 8.14. The molecule has 1 spiro atoms. The summed E-state index contributed by atoms with van der Waals surface area (Å²) < 4.78 is 12.3. The van der Waals surface area contributed by atoms with Crippen LogP contribution in [-0.4, -0.2) is 82.3 Å². The first kappa shape index (κ1) is 27.4. The summed E-state index contributed by atoms with van der Waals surface area (Å²) in [6.07, 6.45) is 6.45. The van der Waals surface area contributed by atoms with Crippen molar-refractivity contribution in [1.29, 1.82) is 0 Å². The predicted octanol–water partition coefficient (Wildman–Crippen LogP) is 2.70. The van der Waals surface area contributed by atoms with E-state index in [1.807, 2.05) is 27.7 Å². The van der Waals surface area contributed by atoms with Crippen molar-refractivity contribution in [3.63, 3.8) is 0 Å². The monoisotopic (exact) mass is 490 g/mol. The molecule has 3 unspecified atom stereocenters. The van der Waals surface area contributed by atoms with Gasteiger partial charge in [0.05, 0.1) is 18.1 Å². The number of rotatable bonds is 13. The number of unbranched alkanes of at least 4 members (excludes halogenated alkanes) is 2. The molecule has 2 bridgehead atoms. The Morgan fingerprint density at radius 2 is 2.00 bits per heavy atom. The molecule has 3 aliphatic rings. The van der Waals surface area contributed by atoms with E-state index < -0.39 is 35.0 Å². The van der Waals surface area contributed by atoms with Crippen molar-refractivity contribution >= 4 is 17.8 Å². The third kappa shape index (κ3) is 4.55. The average molecular weight is 491 g/mol. The molecule has 3 fully saturated rings. The molecule has 196 valence electrons. The maximum absolute atomic E-state index is 14.1. The summed E-state index contributed by atoms with van der Waals surface area (Å²) >= 11 is 0. The van der Waals surface area contributed by atoms with Gasteiger partial charge in [-0.2, -0.15) is 0 Å². The van der Waals surface area contributed by atoms with E-state index >= 15 is 0 Å². The first-order valence-corrected chi connectivity index (χ1v) is 12.9. The Hall–Kier alpha value is -2.19. The number of amides is 2. The lowest BCUT2D eigenvalue weighted by Crippen LogP contribution is -2.57. The lowest BCUT2D eigenvalue weighted by molar-refractivity contribution is -0.162. The lowest BCUT2D eigenvalue weighted by atomic mass is 9.62. The number of hydrogen-bond donors (Lipinski definition) is 1. The maximum atomic E-state index is 14.1. The van der Waals surface area contributed by atoms with E-state index in [0.717, 1.165) is 6.42 Å². The van der Waals surface area contributed by atoms with E-state index in [9.17, 15) is 19.5 Å². The number of ether oxygens (including phenoxy) is 2. The molecule has 0 aromatic rings. The number of carbonyl (C=O) groups excluding carboxylic acids is 3.